The summed E-state index contributed by atoms with van der Waals surface area (Å²) in [6, 6.07) is 3.18. The first-order chi connectivity index (χ1) is 18.1. The third-order valence-corrected chi connectivity index (χ3v) is 12.9. The molecule has 14 unspecified atom stereocenters. The Labute approximate surface area is 247 Å². The molecule has 0 spiro atoms. The number of hydrogen-bond donors (Lipinski definition) is 0. The fourth-order valence-electron chi connectivity index (χ4n) is 11.4. The van der Waals surface area contributed by atoms with E-state index in [1.54, 1.807) is 12.8 Å². The molecule has 6 aliphatic carbocycles. The van der Waals surface area contributed by atoms with Gasteiger partial charge in [-0.3, -0.25) is 0 Å². The monoisotopic (exact) mass is 624 g/mol. The molecule has 0 N–H and O–H groups in total. The van der Waals surface area contributed by atoms with Crippen LogP contribution in [0.2, 0.25) is 0 Å². The maximum absolute atomic E-state index is 5.29. The summed E-state index contributed by atoms with van der Waals surface area (Å²) in [6.07, 6.45) is 23.9. The van der Waals surface area contributed by atoms with Gasteiger partial charge < -0.3 is 10.6 Å². The van der Waals surface area contributed by atoms with Crippen LogP contribution in [0.3, 0.4) is 0 Å². The van der Waals surface area contributed by atoms with Crippen LogP contribution in [0, 0.1) is 59.2 Å². The zero-order chi connectivity index (χ0) is 25.5. The molecule has 0 aromatic heterocycles. The molecule has 0 aromatic rings. The minimum atomic E-state index is -0.826. The van der Waals surface area contributed by atoms with E-state index in [-0.39, 0.29) is 0 Å². The summed E-state index contributed by atoms with van der Waals surface area (Å²) in [5.74, 6) is 10.1. The molecule has 0 aromatic carbocycles. The van der Waals surface area contributed by atoms with Gasteiger partial charge in [0.2, 0.25) is 0 Å². The van der Waals surface area contributed by atoms with Crippen molar-refractivity contribution in [1.82, 2.24) is 0 Å². The van der Waals surface area contributed by atoms with Crippen molar-refractivity contribution in [2.24, 2.45) is 59.2 Å². The van der Waals surface area contributed by atoms with E-state index < -0.39 is 20.8 Å². The Morgan fingerprint density at radius 2 is 0.892 bits per heavy atom. The average Bonchev–Trinajstić information content (AvgIpc) is 3.63. The molecule has 208 valence electrons. The van der Waals surface area contributed by atoms with Crippen molar-refractivity contribution in [3.63, 3.8) is 0 Å². The number of rotatable bonds is 0. The van der Waals surface area contributed by atoms with E-state index >= 15 is 0 Å². The van der Waals surface area contributed by atoms with Gasteiger partial charge in [-0.05, 0) is 49.4 Å². The first kappa shape index (κ1) is 28.5. The summed E-state index contributed by atoms with van der Waals surface area (Å²) in [5, 5.41) is 10.6. The van der Waals surface area contributed by atoms with E-state index in [1.807, 2.05) is 0 Å². The first-order valence-electron chi connectivity index (χ1n) is 16.4. The zero-order valence-corrected chi connectivity index (χ0v) is 27.5. The molecule has 8 fully saturated rings. The second kappa shape index (κ2) is 12.7. The van der Waals surface area contributed by atoms with Crippen molar-refractivity contribution in [3.05, 3.63) is 10.6 Å². The fourth-order valence-corrected chi connectivity index (χ4v) is 11.4. The molecule has 2 heterocycles. The van der Waals surface area contributed by atoms with Crippen LogP contribution in [0.25, 0.3) is 10.6 Å². The molecule has 0 radical (unpaired) electrons. The van der Waals surface area contributed by atoms with Crippen LogP contribution in [-0.2, 0) is 20.8 Å². The van der Waals surface area contributed by atoms with E-state index in [0.717, 1.165) is 83.3 Å². The number of fused-ring (bicyclic) bond motifs is 10. The van der Waals surface area contributed by atoms with Gasteiger partial charge in [0.05, 0.1) is 0 Å². The van der Waals surface area contributed by atoms with Crippen LogP contribution < -0.4 is 0 Å². The van der Waals surface area contributed by atoms with Crippen molar-refractivity contribution < 1.29 is 20.8 Å². The molecule has 8 rings (SSSR count). The number of nitrogens with zero attached hydrogens (tertiary/aromatic N) is 2. The summed E-state index contributed by atoms with van der Waals surface area (Å²) in [7, 11) is 9.87. The van der Waals surface area contributed by atoms with E-state index in [4.69, 9.17) is 27.7 Å². The fraction of sp³-hybridized carbons (Fsp3) is 1.00. The molecule has 0 amide bonds. The Hall–Kier alpha value is 1.38. The van der Waals surface area contributed by atoms with Gasteiger partial charge in [-0.25, -0.2) is 0 Å². The third-order valence-electron chi connectivity index (χ3n) is 12.9. The topological polar surface area (TPSA) is 28.2 Å². The molecule has 6 saturated carbocycles. The van der Waals surface area contributed by atoms with Gasteiger partial charge in [0.1, 0.15) is 0 Å². The normalized spacial score (nSPS) is 53.0. The molecule has 5 heteroatoms. The Bertz CT molecular complexity index is 692. The Morgan fingerprint density at radius 1 is 0.486 bits per heavy atom. The molecule has 2 nitrogen and oxygen atoms in total. The van der Waals surface area contributed by atoms with Gasteiger partial charge in [-0.15, -0.1) is 24.2 Å². The number of hydrogen-bond acceptors (Lipinski definition) is 0. The Kier molecular flexibility index (Phi) is 9.79. The van der Waals surface area contributed by atoms with Crippen molar-refractivity contribution in [2.75, 3.05) is 0 Å². The molecular weight excluding hydrogens is 574 g/mol. The van der Waals surface area contributed by atoms with Crippen LogP contribution in [0.15, 0.2) is 0 Å². The van der Waals surface area contributed by atoms with E-state index in [1.165, 1.54) is 89.9 Å². The zero-order valence-electron chi connectivity index (χ0n) is 23.5. The summed E-state index contributed by atoms with van der Waals surface area (Å²) in [4.78, 5) is 0. The summed E-state index contributed by atoms with van der Waals surface area (Å²) in [6.45, 7) is 4.93. The van der Waals surface area contributed by atoms with E-state index in [0.29, 0.717) is 0 Å². The standard InChI is InChI=1S/2C16H26N.2ClH.Zr/c2*1-10-6-7-15-13(8-10)14-9-11-4-2-3-5-12(11)16(14)17-15;;;/h2*10-16H,2-9H2,1H3;2*1H;/q2*-1;;;+4/p-2. The minimum absolute atomic E-state index is 0.782. The first-order valence-corrected chi connectivity index (χ1v) is 22.8. The van der Waals surface area contributed by atoms with E-state index in [9.17, 15) is 0 Å². The third kappa shape index (κ3) is 5.86. The molecule has 2 aliphatic heterocycles. The van der Waals surface area contributed by atoms with Crippen molar-refractivity contribution >= 4 is 17.0 Å². The van der Waals surface area contributed by atoms with Crippen LogP contribution in [0.1, 0.15) is 117 Å². The van der Waals surface area contributed by atoms with Gasteiger partial charge in [-0.1, -0.05) is 126 Å². The second-order valence-corrected chi connectivity index (χ2v) is 18.6. The van der Waals surface area contributed by atoms with Crippen LogP contribution in [0.4, 0.5) is 0 Å². The van der Waals surface area contributed by atoms with Gasteiger partial charge in [0.15, 0.2) is 0 Å². The predicted molar refractivity (Wildman–Crippen MR) is 154 cm³/mol. The molecule has 37 heavy (non-hydrogen) atoms. The predicted octanol–water partition coefficient (Wildman–Crippen LogP) is 10.1. The van der Waals surface area contributed by atoms with Crippen LogP contribution in [0.5, 0.6) is 0 Å². The van der Waals surface area contributed by atoms with Crippen molar-refractivity contribution in [2.45, 2.75) is 141 Å². The van der Waals surface area contributed by atoms with Crippen LogP contribution in [-0.4, -0.2) is 24.2 Å². The molecule has 8 aliphatic rings. The number of halogens is 2. The van der Waals surface area contributed by atoms with Crippen LogP contribution >= 0.6 is 17.0 Å². The van der Waals surface area contributed by atoms with Gasteiger partial charge in [0.25, 0.3) is 0 Å². The molecule has 14 atom stereocenters. The molecular formula is C32H52Cl2N2Zr. The second-order valence-electron chi connectivity index (χ2n) is 14.9. The maximum atomic E-state index is 5.29. The quantitative estimate of drug-likeness (QED) is 0.256. The van der Waals surface area contributed by atoms with Gasteiger partial charge in [-0.2, -0.15) is 0 Å². The average molecular weight is 627 g/mol. The summed E-state index contributed by atoms with van der Waals surface area (Å²) in [5.41, 5.74) is 0. The summed E-state index contributed by atoms with van der Waals surface area (Å²) < 4.78 is 0. The van der Waals surface area contributed by atoms with Crippen molar-refractivity contribution in [3.8, 4) is 0 Å². The Morgan fingerprint density at radius 3 is 1.32 bits per heavy atom. The Balaban J connectivity index is 0.000000124. The molecule has 2 saturated heterocycles. The molecule has 0 bridgehead atoms. The van der Waals surface area contributed by atoms with Gasteiger partial charge >= 0.3 is 37.9 Å². The summed E-state index contributed by atoms with van der Waals surface area (Å²) >= 11 is -0.826. The van der Waals surface area contributed by atoms with Gasteiger partial charge in [0, 0.05) is 0 Å². The van der Waals surface area contributed by atoms with E-state index in [2.05, 4.69) is 13.8 Å². The SMILES string of the molecule is CC1CCC2[N-]C3C4CCCCC4CC3C2C1.CC1CCC2[N-]C3C4CCCCC4CC3C2C1.[Cl][Zr+2][Cl]. The van der Waals surface area contributed by atoms with Crippen molar-refractivity contribution in [1.29, 1.82) is 0 Å².